The van der Waals surface area contributed by atoms with Crippen LogP contribution in [0.4, 0.5) is 14.5 Å². The van der Waals surface area contributed by atoms with Gasteiger partial charge >= 0.3 is 5.97 Å². The van der Waals surface area contributed by atoms with E-state index in [1.807, 2.05) is 0 Å². The lowest BCUT2D eigenvalue weighted by molar-refractivity contribution is 0.0518. The van der Waals surface area contributed by atoms with Crippen LogP contribution in [0.25, 0.3) is 0 Å². The Hall–Kier alpha value is -1.92. The Morgan fingerprint density at radius 2 is 2.25 bits per heavy atom. The highest BCUT2D eigenvalue weighted by atomic mass is 19.3. The molecule has 0 radical (unpaired) electrons. The SMILES string of the molecule is CCOC(=O)c1cc(C(F)F)c(N)c(=O)[nH]1. The Kier molecular flexibility index (Phi) is 3.60. The maximum Gasteiger partial charge on any atom is 0.354 e. The Balaban J connectivity index is 3.24. The summed E-state index contributed by atoms with van der Waals surface area (Å²) in [4.78, 5) is 24.4. The highest BCUT2D eigenvalue weighted by Crippen LogP contribution is 2.22. The largest absolute Gasteiger partial charge is 0.461 e. The Morgan fingerprint density at radius 1 is 1.62 bits per heavy atom. The van der Waals surface area contributed by atoms with E-state index in [4.69, 9.17) is 5.73 Å². The van der Waals surface area contributed by atoms with E-state index >= 15 is 0 Å². The molecule has 1 heterocycles. The molecule has 0 saturated carbocycles. The van der Waals surface area contributed by atoms with Crippen LogP contribution in [0.2, 0.25) is 0 Å². The van der Waals surface area contributed by atoms with Crippen molar-refractivity contribution in [2.24, 2.45) is 0 Å². The van der Waals surface area contributed by atoms with E-state index in [1.165, 1.54) is 0 Å². The minimum atomic E-state index is -2.92. The number of aromatic amines is 1. The number of hydrogen-bond acceptors (Lipinski definition) is 4. The number of hydrogen-bond donors (Lipinski definition) is 2. The number of H-pyrrole nitrogens is 1. The zero-order chi connectivity index (χ0) is 12.3. The minimum Gasteiger partial charge on any atom is -0.461 e. The lowest BCUT2D eigenvalue weighted by Gasteiger charge is -2.06. The molecule has 88 valence electrons. The summed E-state index contributed by atoms with van der Waals surface area (Å²) in [6.07, 6.45) is -2.92. The molecule has 1 rings (SSSR count). The summed E-state index contributed by atoms with van der Waals surface area (Å²) in [6, 6.07) is 0.819. The van der Waals surface area contributed by atoms with Gasteiger partial charge in [0.1, 0.15) is 11.4 Å². The molecule has 5 nitrogen and oxygen atoms in total. The molecule has 0 amide bonds. The smallest absolute Gasteiger partial charge is 0.354 e. The van der Waals surface area contributed by atoms with E-state index in [9.17, 15) is 18.4 Å². The van der Waals surface area contributed by atoms with Gasteiger partial charge in [0.05, 0.1) is 6.61 Å². The van der Waals surface area contributed by atoms with E-state index in [1.54, 1.807) is 6.92 Å². The zero-order valence-corrected chi connectivity index (χ0v) is 8.42. The molecule has 0 spiro atoms. The quantitative estimate of drug-likeness (QED) is 0.763. The normalized spacial score (nSPS) is 10.5. The number of rotatable bonds is 3. The van der Waals surface area contributed by atoms with Crippen molar-refractivity contribution in [1.29, 1.82) is 0 Å². The molecule has 0 aliphatic carbocycles. The van der Waals surface area contributed by atoms with E-state index < -0.39 is 29.2 Å². The van der Waals surface area contributed by atoms with Crippen LogP contribution < -0.4 is 11.3 Å². The third-order valence-corrected chi connectivity index (χ3v) is 1.83. The molecule has 0 bridgehead atoms. The molecule has 7 heteroatoms. The van der Waals surface area contributed by atoms with E-state index in [0.717, 1.165) is 6.07 Å². The van der Waals surface area contributed by atoms with Gasteiger partial charge in [0.2, 0.25) is 0 Å². The molecule has 3 N–H and O–H groups in total. The highest BCUT2D eigenvalue weighted by Gasteiger charge is 2.18. The fourth-order valence-corrected chi connectivity index (χ4v) is 1.09. The van der Waals surface area contributed by atoms with Gasteiger partial charge in [0.25, 0.3) is 12.0 Å². The molecule has 1 aromatic heterocycles. The third-order valence-electron chi connectivity index (χ3n) is 1.83. The second-order valence-corrected chi connectivity index (χ2v) is 2.90. The highest BCUT2D eigenvalue weighted by molar-refractivity contribution is 5.87. The van der Waals surface area contributed by atoms with E-state index in [0.29, 0.717) is 0 Å². The number of alkyl halides is 2. The van der Waals surface area contributed by atoms with Crippen molar-refractivity contribution in [2.75, 3.05) is 12.3 Å². The predicted octanol–water partition coefficient (Wildman–Crippen LogP) is 1.07. The van der Waals surface area contributed by atoms with Crippen LogP contribution in [-0.2, 0) is 4.74 Å². The van der Waals surface area contributed by atoms with E-state index in [2.05, 4.69) is 9.72 Å². The molecule has 0 saturated heterocycles. The van der Waals surface area contributed by atoms with Crippen molar-refractivity contribution in [3.8, 4) is 0 Å². The third kappa shape index (κ3) is 2.36. The summed E-state index contributed by atoms with van der Waals surface area (Å²) in [7, 11) is 0. The van der Waals surface area contributed by atoms with Crippen LogP contribution in [0.15, 0.2) is 10.9 Å². The summed E-state index contributed by atoms with van der Waals surface area (Å²) >= 11 is 0. The monoisotopic (exact) mass is 232 g/mol. The number of halogens is 2. The first kappa shape index (κ1) is 12.2. The van der Waals surface area contributed by atoms with E-state index in [-0.39, 0.29) is 12.3 Å². The van der Waals surface area contributed by atoms with Gasteiger partial charge in [0, 0.05) is 5.56 Å². The van der Waals surface area contributed by atoms with Crippen LogP contribution in [-0.4, -0.2) is 17.6 Å². The molecule has 0 aromatic carbocycles. The number of anilines is 1. The van der Waals surface area contributed by atoms with Gasteiger partial charge in [-0.1, -0.05) is 0 Å². The number of nitrogen functional groups attached to an aromatic ring is 1. The molecule has 0 fully saturated rings. The van der Waals surface area contributed by atoms with Crippen LogP contribution in [0.3, 0.4) is 0 Å². The minimum absolute atomic E-state index is 0.0786. The summed E-state index contributed by atoms with van der Waals surface area (Å²) in [5, 5.41) is 0. The number of aromatic nitrogens is 1. The zero-order valence-electron chi connectivity index (χ0n) is 8.42. The average molecular weight is 232 g/mol. The predicted molar refractivity (Wildman–Crippen MR) is 52.4 cm³/mol. The summed E-state index contributed by atoms with van der Waals surface area (Å²) in [5.41, 5.74) is 2.62. The first-order chi connectivity index (χ1) is 7.47. The average Bonchev–Trinajstić information content (AvgIpc) is 2.21. The second-order valence-electron chi connectivity index (χ2n) is 2.90. The number of ether oxygens (including phenoxy) is 1. The summed E-state index contributed by atoms with van der Waals surface area (Å²) in [6.45, 7) is 1.64. The van der Waals surface area contributed by atoms with Gasteiger partial charge in [-0.15, -0.1) is 0 Å². The number of nitrogens with one attached hydrogen (secondary N) is 1. The van der Waals surface area contributed by atoms with Crippen molar-refractivity contribution in [3.63, 3.8) is 0 Å². The van der Waals surface area contributed by atoms with Crippen molar-refractivity contribution in [2.45, 2.75) is 13.3 Å². The molecule has 0 aliphatic rings. The first-order valence-electron chi connectivity index (χ1n) is 4.45. The number of carbonyl (C=O) groups is 1. The van der Waals surface area contributed by atoms with Crippen LogP contribution >= 0.6 is 0 Å². The summed E-state index contributed by atoms with van der Waals surface area (Å²) < 4.78 is 29.5. The van der Waals surface area contributed by atoms with Crippen molar-refractivity contribution < 1.29 is 18.3 Å². The Morgan fingerprint density at radius 3 is 2.75 bits per heavy atom. The molecule has 1 aromatic rings. The van der Waals surface area contributed by atoms with Gasteiger partial charge in [0.15, 0.2) is 0 Å². The lowest BCUT2D eigenvalue weighted by atomic mass is 10.2. The molecule has 16 heavy (non-hydrogen) atoms. The van der Waals surface area contributed by atoms with Crippen molar-refractivity contribution in [1.82, 2.24) is 4.98 Å². The van der Waals surface area contributed by atoms with Crippen LogP contribution in [0.1, 0.15) is 29.4 Å². The van der Waals surface area contributed by atoms with Gasteiger partial charge in [-0.25, -0.2) is 13.6 Å². The lowest BCUT2D eigenvalue weighted by Crippen LogP contribution is -2.20. The fourth-order valence-electron chi connectivity index (χ4n) is 1.09. The van der Waals surface area contributed by atoms with Gasteiger partial charge in [-0.05, 0) is 13.0 Å². The summed E-state index contributed by atoms with van der Waals surface area (Å²) in [5.74, 6) is -0.874. The first-order valence-corrected chi connectivity index (χ1v) is 4.45. The second kappa shape index (κ2) is 4.73. The molecular formula is C9H10F2N2O3. The maximum atomic E-state index is 12.5. The molecule has 0 aliphatic heterocycles. The standard InChI is InChI=1S/C9H10F2N2O3/c1-2-16-9(15)5-3-4(7(10)11)6(12)8(14)13-5/h3,7H,2,12H2,1H3,(H,13,14). The van der Waals surface area contributed by atoms with Crippen molar-refractivity contribution >= 4 is 11.7 Å². The van der Waals surface area contributed by atoms with Gasteiger partial charge < -0.3 is 15.5 Å². The number of carbonyl (C=O) groups excluding carboxylic acids is 1. The molecular weight excluding hydrogens is 222 g/mol. The van der Waals surface area contributed by atoms with Gasteiger partial charge in [-0.3, -0.25) is 4.79 Å². The maximum absolute atomic E-state index is 12.5. The Labute approximate surface area is 89.2 Å². The number of esters is 1. The fraction of sp³-hybridized carbons (Fsp3) is 0.333. The van der Waals surface area contributed by atoms with Crippen LogP contribution in [0, 0.1) is 0 Å². The number of nitrogens with two attached hydrogens (primary N) is 1. The Bertz CT molecular complexity index is 457. The topological polar surface area (TPSA) is 85.2 Å². The van der Waals surface area contributed by atoms with Gasteiger partial charge in [-0.2, -0.15) is 0 Å². The molecule has 0 atom stereocenters. The molecule has 0 unspecified atom stereocenters. The number of pyridine rings is 1. The van der Waals surface area contributed by atoms with Crippen molar-refractivity contribution in [3.05, 3.63) is 27.7 Å². The van der Waals surface area contributed by atoms with Crippen LogP contribution in [0.5, 0.6) is 0 Å².